The maximum absolute atomic E-state index is 4.00. The van der Waals surface area contributed by atoms with Crippen LogP contribution >= 0.6 is 0 Å². The molecular formula is C16H21N3. The molecule has 0 saturated heterocycles. The van der Waals surface area contributed by atoms with E-state index in [1.54, 1.807) is 6.33 Å². The summed E-state index contributed by atoms with van der Waals surface area (Å²) < 4.78 is 0. The van der Waals surface area contributed by atoms with Crippen molar-refractivity contribution in [1.82, 2.24) is 9.97 Å². The summed E-state index contributed by atoms with van der Waals surface area (Å²) in [6.45, 7) is 3.00. The van der Waals surface area contributed by atoms with E-state index in [1.807, 2.05) is 12.4 Å². The van der Waals surface area contributed by atoms with Crippen LogP contribution in [0.2, 0.25) is 0 Å². The molecule has 0 unspecified atom stereocenters. The minimum Gasteiger partial charge on any atom is -0.381 e. The van der Waals surface area contributed by atoms with Gasteiger partial charge in [0.2, 0.25) is 0 Å². The Morgan fingerprint density at radius 1 is 0.947 bits per heavy atom. The molecule has 0 spiro atoms. The molecule has 0 aliphatic rings. The number of nitrogens with one attached hydrogen (secondary N) is 1. The highest BCUT2D eigenvalue weighted by Gasteiger charge is 1.96. The number of rotatable bonds is 7. The highest BCUT2D eigenvalue weighted by atomic mass is 14.9. The lowest BCUT2D eigenvalue weighted by molar-refractivity contribution is 0.717. The van der Waals surface area contributed by atoms with Crippen molar-refractivity contribution in [3.05, 3.63) is 54.1 Å². The van der Waals surface area contributed by atoms with Gasteiger partial charge in [0.15, 0.2) is 0 Å². The zero-order chi connectivity index (χ0) is 13.3. The molecule has 0 bridgehead atoms. The van der Waals surface area contributed by atoms with E-state index in [4.69, 9.17) is 0 Å². The van der Waals surface area contributed by atoms with Gasteiger partial charge in [0, 0.05) is 30.2 Å². The summed E-state index contributed by atoms with van der Waals surface area (Å²) in [5.41, 5.74) is 3.65. The Morgan fingerprint density at radius 3 is 2.37 bits per heavy atom. The molecule has 100 valence electrons. The molecule has 19 heavy (non-hydrogen) atoms. The molecule has 0 radical (unpaired) electrons. The van der Waals surface area contributed by atoms with E-state index in [2.05, 4.69) is 46.5 Å². The van der Waals surface area contributed by atoms with Gasteiger partial charge in [-0.3, -0.25) is 0 Å². The lowest BCUT2D eigenvalue weighted by Crippen LogP contribution is -2.00. The number of benzene rings is 1. The van der Waals surface area contributed by atoms with Gasteiger partial charge in [-0.25, -0.2) is 9.97 Å². The quantitative estimate of drug-likeness (QED) is 0.764. The Hall–Kier alpha value is -1.90. The van der Waals surface area contributed by atoms with Crippen LogP contribution < -0.4 is 5.32 Å². The van der Waals surface area contributed by atoms with Gasteiger partial charge in [-0.15, -0.1) is 0 Å². The zero-order valence-electron chi connectivity index (χ0n) is 11.5. The van der Waals surface area contributed by atoms with Crippen molar-refractivity contribution in [2.75, 3.05) is 5.32 Å². The summed E-state index contributed by atoms with van der Waals surface area (Å²) in [7, 11) is 0. The molecule has 0 aliphatic heterocycles. The number of unbranched alkanes of at least 4 members (excludes halogenated alkanes) is 2. The lowest BCUT2D eigenvalue weighted by atomic mass is 10.1. The predicted molar refractivity (Wildman–Crippen MR) is 79.0 cm³/mol. The van der Waals surface area contributed by atoms with Crippen LogP contribution in [0, 0.1) is 0 Å². The molecule has 1 aromatic carbocycles. The van der Waals surface area contributed by atoms with Crippen molar-refractivity contribution >= 4 is 5.69 Å². The molecule has 1 aromatic heterocycles. The summed E-state index contributed by atoms with van der Waals surface area (Å²) in [5.74, 6) is 0. The number of anilines is 1. The maximum Gasteiger partial charge on any atom is 0.115 e. The van der Waals surface area contributed by atoms with Crippen LogP contribution in [0.1, 0.15) is 37.3 Å². The van der Waals surface area contributed by atoms with Gasteiger partial charge in [0.1, 0.15) is 6.33 Å². The number of aromatic nitrogens is 2. The first-order valence-electron chi connectivity index (χ1n) is 6.95. The zero-order valence-corrected chi connectivity index (χ0v) is 11.5. The molecule has 1 heterocycles. The van der Waals surface area contributed by atoms with Crippen LogP contribution in [0.5, 0.6) is 0 Å². The average molecular weight is 255 g/mol. The summed E-state index contributed by atoms with van der Waals surface area (Å²) in [4.78, 5) is 8.00. The van der Waals surface area contributed by atoms with Crippen LogP contribution in [0.15, 0.2) is 43.0 Å². The van der Waals surface area contributed by atoms with E-state index in [0.717, 1.165) is 17.8 Å². The van der Waals surface area contributed by atoms with Gasteiger partial charge in [0.05, 0.1) is 0 Å². The largest absolute Gasteiger partial charge is 0.381 e. The average Bonchev–Trinajstić information content (AvgIpc) is 2.48. The van der Waals surface area contributed by atoms with E-state index in [9.17, 15) is 0 Å². The van der Waals surface area contributed by atoms with Crippen LogP contribution in [0.25, 0.3) is 0 Å². The van der Waals surface area contributed by atoms with Crippen molar-refractivity contribution in [3.63, 3.8) is 0 Å². The van der Waals surface area contributed by atoms with Gasteiger partial charge >= 0.3 is 0 Å². The van der Waals surface area contributed by atoms with Crippen molar-refractivity contribution in [2.45, 2.75) is 39.2 Å². The molecule has 0 atom stereocenters. The maximum atomic E-state index is 4.00. The van der Waals surface area contributed by atoms with Crippen LogP contribution in [-0.4, -0.2) is 9.97 Å². The van der Waals surface area contributed by atoms with E-state index in [-0.39, 0.29) is 0 Å². The summed E-state index contributed by atoms with van der Waals surface area (Å²) in [6.07, 6.45) is 10.3. The van der Waals surface area contributed by atoms with Crippen LogP contribution in [0.4, 0.5) is 5.69 Å². The second kappa shape index (κ2) is 7.52. The van der Waals surface area contributed by atoms with Crippen LogP contribution in [0.3, 0.4) is 0 Å². The van der Waals surface area contributed by atoms with Crippen molar-refractivity contribution < 1.29 is 0 Å². The third kappa shape index (κ3) is 4.70. The summed E-state index contributed by atoms with van der Waals surface area (Å²) >= 11 is 0. The molecule has 0 fully saturated rings. The van der Waals surface area contributed by atoms with Crippen LogP contribution in [-0.2, 0) is 13.0 Å². The lowest BCUT2D eigenvalue weighted by Gasteiger charge is -2.07. The van der Waals surface area contributed by atoms with E-state index < -0.39 is 0 Å². The monoisotopic (exact) mass is 255 g/mol. The molecular weight excluding hydrogens is 234 g/mol. The van der Waals surface area contributed by atoms with Gasteiger partial charge in [-0.05, 0) is 30.5 Å². The van der Waals surface area contributed by atoms with Crippen molar-refractivity contribution in [1.29, 1.82) is 0 Å². The molecule has 3 heteroatoms. The normalized spacial score (nSPS) is 10.4. The molecule has 2 rings (SSSR count). The van der Waals surface area contributed by atoms with E-state index >= 15 is 0 Å². The highest BCUT2D eigenvalue weighted by Crippen LogP contribution is 2.13. The Labute approximate surface area is 115 Å². The predicted octanol–water partition coefficient (Wildman–Crippen LogP) is 3.82. The first-order valence-corrected chi connectivity index (χ1v) is 6.95. The number of hydrogen-bond donors (Lipinski definition) is 1. The van der Waals surface area contributed by atoms with Crippen molar-refractivity contribution in [2.24, 2.45) is 0 Å². The third-order valence-electron chi connectivity index (χ3n) is 3.13. The molecule has 1 N–H and O–H groups in total. The van der Waals surface area contributed by atoms with Gasteiger partial charge in [0.25, 0.3) is 0 Å². The minimum absolute atomic E-state index is 0.760. The topological polar surface area (TPSA) is 37.8 Å². The number of aryl methyl sites for hydroxylation is 1. The Bertz CT molecular complexity index is 465. The smallest absolute Gasteiger partial charge is 0.115 e. The minimum atomic E-state index is 0.760. The molecule has 3 nitrogen and oxygen atoms in total. The molecule has 0 aliphatic carbocycles. The number of hydrogen-bond acceptors (Lipinski definition) is 3. The highest BCUT2D eigenvalue weighted by molar-refractivity contribution is 5.44. The van der Waals surface area contributed by atoms with E-state index in [0.29, 0.717) is 0 Å². The first-order chi connectivity index (χ1) is 9.38. The van der Waals surface area contributed by atoms with Gasteiger partial charge < -0.3 is 5.32 Å². The second-order valence-corrected chi connectivity index (χ2v) is 4.75. The number of nitrogens with zero attached hydrogens (tertiary/aromatic N) is 2. The van der Waals surface area contributed by atoms with Gasteiger partial charge in [-0.1, -0.05) is 31.9 Å². The Morgan fingerprint density at radius 2 is 1.68 bits per heavy atom. The second-order valence-electron chi connectivity index (χ2n) is 4.75. The Balaban J connectivity index is 1.81. The van der Waals surface area contributed by atoms with E-state index in [1.165, 1.54) is 31.2 Å². The SMILES string of the molecule is CCCCCc1ccc(NCc2cncnc2)cc1. The molecule has 0 amide bonds. The fourth-order valence-corrected chi connectivity index (χ4v) is 1.99. The van der Waals surface area contributed by atoms with Crippen molar-refractivity contribution in [3.8, 4) is 0 Å². The molecule has 2 aromatic rings. The Kier molecular flexibility index (Phi) is 5.35. The fraction of sp³-hybridized carbons (Fsp3) is 0.375. The standard InChI is InChI=1S/C16H21N3/c1-2-3-4-5-14-6-8-16(9-7-14)19-12-15-10-17-13-18-11-15/h6-11,13,19H,2-5,12H2,1H3. The fourth-order valence-electron chi connectivity index (χ4n) is 1.99. The summed E-state index contributed by atoms with van der Waals surface area (Å²) in [5, 5.41) is 3.38. The molecule has 0 saturated carbocycles. The third-order valence-corrected chi connectivity index (χ3v) is 3.13. The first kappa shape index (κ1) is 13.5. The summed E-state index contributed by atoms with van der Waals surface area (Å²) in [6, 6.07) is 8.70. The van der Waals surface area contributed by atoms with Gasteiger partial charge in [-0.2, -0.15) is 0 Å².